The molecule has 1 aromatic carbocycles. The minimum Gasteiger partial charge on any atom is -0.457 e. The molecule has 21 heavy (non-hydrogen) atoms. The highest BCUT2D eigenvalue weighted by Gasteiger charge is 2.36. The summed E-state index contributed by atoms with van der Waals surface area (Å²) in [7, 11) is 0. The van der Waals surface area contributed by atoms with Gasteiger partial charge in [-0.25, -0.2) is 4.39 Å². The Morgan fingerprint density at radius 3 is 2.57 bits per heavy atom. The number of carbonyl (C=O) groups excluding carboxylic acids is 1. The summed E-state index contributed by atoms with van der Waals surface area (Å²) in [6.07, 6.45) is 2.91. The van der Waals surface area contributed by atoms with Gasteiger partial charge in [0.05, 0.1) is 5.92 Å². The predicted octanol–water partition coefficient (Wildman–Crippen LogP) is 3.16. The standard InChI is InChI=1S/C17H22FNO2/c1-12-6-8-19(9-7-12)11-14-10-16(21-17(14)20)13-2-4-15(18)5-3-13/h2-5,12,14,16H,6-11H2,1H3. The van der Waals surface area contributed by atoms with Gasteiger partial charge in [0.15, 0.2) is 0 Å². The van der Waals surface area contributed by atoms with Gasteiger partial charge in [-0.05, 0) is 49.5 Å². The Morgan fingerprint density at radius 1 is 1.24 bits per heavy atom. The first-order valence-electron chi connectivity index (χ1n) is 7.80. The molecule has 0 radical (unpaired) electrons. The molecule has 0 amide bonds. The van der Waals surface area contributed by atoms with Crippen LogP contribution >= 0.6 is 0 Å². The molecule has 0 bridgehead atoms. The summed E-state index contributed by atoms with van der Waals surface area (Å²) < 4.78 is 18.4. The van der Waals surface area contributed by atoms with Crippen molar-refractivity contribution in [2.75, 3.05) is 19.6 Å². The van der Waals surface area contributed by atoms with Gasteiger partial charge in [0.25, 0.3) is 0 Å². The Bertz CT molecular complexity index is 494. The molecule has 0 spiro atoms. The van der Waals surface area contributed by atoms with Crippen molar-refractivity contribution in [3.63, 3.8) is 0 Å². The molecular formula is C17H22FNO2. The summed E-state index contributed by atoms with van der Waals surface area (Å²) in [5.74, 6) is 0.377. The van der Waals surface area contributed by atoms with E-state index < -0.39 is 0 Å². The third kappa shape index (κ3) is 3.43. The average Bonchev–Trinajstić information content (AvgIpc) is 2.83. The highest BCUT2D eigenvalue weighted by molar-refractivity contribution is 5.75. The number of hydrogen-bond donors (Lipinski definition) is 0. The van der Waals surface area contributed by atoms with Gasteiger partial charge in [-0.1, -0.05) is 19.1 Å². The Hall–Kier alpha value is -1.42. The fraction of sp³-hybridized carbons (Fsp3) is 0.588. The lowest BCUT2D eigenvalue weighted by Crippen LogP contribution is -2.37. The third-order valence-corrected chi connectivity index (χ3v) is 4.69. The smallest absolute Gasteiger partial charge is 0.311 e. The SMILES string of the molecule is CC1CCN(CC2CC(c3ccc(F)cc3)OC2=O)CC1. The summed E-state index contributed by atoms with van der Waals surface area (Å²) in [5, 5.41) is 0. The summed E-state index contributed by atoms with van der Waals surface area (Å²) in [6.45, 7) is 5.23. The number of rotatable bonds is 3. The van der Waals surface area contributed by atoms with Gasteiger partial charge >= 0.3 is 5.97 Å². The van der Waals surface area contributed by atoms with Crippen LogP contribution < -0.4 is 0 Å². The summed E-state index contributed by atoms with van der Waals surface area (Å²) in [5.41, 5.74) is 0.888. The second-order valence-electron chi connectivity index (χ2n) is 6.39. The summed E-state index contributed by atoms with van der Waals surface area (Å²) >= 11 is 0. The van der Waals surface area contributed by atoms with Crippen molar-refractivity contribution in [3.8, 4) is 0 Å². The molecule has 0 saturated carbocycles. The van der Waals surface area contributed by atoms with E-state index in [-0.39, 0.29) is 23.8 Å². The quantitative estimate of drug-likeness (QED) is 0.801. The minimum atomic E-state index is -0.262. The van der Waals surface area contributed by atoms with E-state index in [2.05, 4.69) is 11.8 Å². The van der Waals surface area contributed by atoms with Crippen molar-refractivity contribution < 1.29 is 13.9 Å². The average molecular weight is 291 g/mol. The Labute approximate surface area is 125 Å². The summed E-state index contributed by atoms with van der Waals surface area (Å²) in [4.78, 5) is 14.4. The lowest BCUT2D eigenvalue weighted by atomic mass is 9.96. The fourth-order valence-corrected chi connectivity index (χ4v) is 3.23. The van der Waals surface area contributed by atoms with Crippen molar-refractivity contribution in [2.24, 2.45) is 11.8 Å². The first-order valence-corrected chi connectivity index (χ1v) is 7.80. The molecule has 2 unspecified atom stereocenters. The highest BCUT2D eigenvalue weighted by atomic mass is 19.1. The molecule has 0 N–H and O–H groups in total. The molecular weight excluding hydrogens is 269 g/mol. The number of nitrogens with zero attached hydrogens (tertiary/aromatic N) is 1. The zero-order valence-corrected chi connectivity index (χ0v) is 12.4. The van der Waals surface area contributed by atoms with Crippen molar-refractivity contribution in [3.05, 3.63) is 35.6 Å². The van der Waals surface area contributed by atoms with E-state index >= 15 is 0 Å². The molecule has 4 heteroatoms. The molecule has 3 rings (SSSR count). The highest BCUT2D eigenvalue weighted by Crippen LogP contribution is 2.34. The first-order chi connectivity index (χ1) is 10.1. The molecule has 1 aromatic rings. The molecule has 114 valence electrons. The molecule has 2 fully saturated rings. The number of ether oxygens (including phenoxy) is 1. The second kappa shape index (κ2) is 6.14. The van der Waals surface area contributed by atoms with E-state index in [0.717, 1.165) is 31.1 Å². The second-order valence-corrected chi connectivity index (χ2v) is 6.39. The number of likely N-dealkylation sites (tertiary alicyclic amines) is 1. The van der Waals surface area contributed by atoms with Gasteiger partial charge in [-0.3, -0.25) is 4.79 Å². The predicted molar refractivity (Wildman–Crippen MR) is 78.2 cm³/mol. The zero-order valence-electron chi connectivity index (χ0n) is 12.4. The van der Waals surface area contributed by atoms with Crippen LogP contribution in [-0.2, 0) is 9.53 Å². The van der Waals surface area contributed by atoms with E-state index in [1.807, 2.05) is 0 Å². The van der Waals surface area contributed by atoms with E-state index in [4.69, 9.17) is 4.74 Å². The Balaban J connectivity index is 1.58. The van der Waals surface area contributed by atoms with Crippen LogP contribution in [0.25, 0.3) is 0 Å². The van der Waals surface area contributed by atoms with Gasteiger partial charge in [0.2, 0.25) is 0 Å². The molecule has 2 aliphatic heterocycles. The van der Waals surface area contributed by atoms with Gasteiger partial charge < -0.3 is 9.64 Å². The van der Waals surface area contributed by atoms with Crippen LogP contribution in [0.15, 0.2) is 24.3 Å². The number of piperidine rings is 1. The molecule has 2 atom stereocenters. The van der Waals surface area contributed by atoms with Crippen LogP contribution in [0.4, 0.5) is 4.39 Å². The van der Waals surface area contributed by atoms with Crippen molar-refractivity contribution in [1.82, 2.24) is 4.90 Å². The lowest BCUT2D eigenvalue weighted by Gasteiger charge is -2.31. The maximum atomic E-state index is 13.0. The number of benzene rings is 1. The van der Waals surface area contributed by atoms with Crippen LogP contribution in [0, 0.1) is 17.7 Å². The van der Waals surface area contributed by atoms with Crippen LogP contribution in [0.5, 0.6) is 0 Å². The first kappa shape index (κ1) is 14.5. The van der Waals surface area contributed by atoms with Gasteiger partial charge in [-0.2, -0.15) is 0 Å². The van der Waals surface area contributed by atoms with Crippen LogP contribution in [0.2, 0.25) is 0 Å². The molecule has 0 aliphatic carbocycles. The van der Waals surface area contributed by atoms with Crippen LogP contribution in [-0.4, -0.2) is 30.5 Å². The number of halogens is 1. The van der Waals surface area contributed by atoms with E-state index in [9.17, 15) is 9.18 Å². The van der Waals surface area contributed by atoms with Crippen molar-refractivity contribution >= 4 is 5.97 Å². The van der Waals surface area contributed by atoms with Crippen LogP contribution in [0.1, 0.15) is 37.9 Å². The maximum Gasteiger partial charge on any atom is 0.311 e. The van der Waals surface area contributed by atoms with Crippen molar-refractivity contribution in [1.29, 1.82) is 0 Å². The monoisotopic (exact) mass is 291 g/mol. The molecule has 2 saturated heterocycles. The van der Waals surface area contributed by atoms with E-state index in [1.54, 1.807) is 12.1 Å². The maximum absolute atomic E-state index is 13.0. The molecule has 3 nitrogen and oxygen atoms in total. The molecule has 2 aliphatic rings. The Kier molecular flexibility index (Phi) is 4.24. The van der Waals surface area contributed by atoms with Crippen molar-refractivity contribution in [2.45, 2.75) is 32.3 Å². The third-order valence-electron chi connectivity index (χ3n) is 4.69. The fourth-order valence-electron chi connectivity index (χ4n) is 3.23. The minimum absolute atomic E-state index is 0.0477. The van der Waals surface area contributed by atoms with E-state index in [0.29, 0.717) is 6.42 Å². The van der Waals surface area contributed by atoms with Gasteiger partial charge in [0.1, 0.15) is 11.9 Å². The summed E-state index contributed by atoms with van der Waals surface area (Å²) in [6, 6.07) is 6.25. The number of cyclic esters (lactones) is 1. The largest absolute Gasteiger partial charge is 0.457 e. The lowest BCUT2D eigenvalue weighted by molar-refractivity contribution is -0.145. The number of carbonyl (C=O) groups is 1. The Morgan fingerprint density at radius 2 is 1.90 bits per heavy atom. The van der Waals surface area contributed by atoms with E-state index in [1.165, 1.54) is 25.0 Å². The number of esters is 1. The number of hydrogen-bond acceptors (Lipinski definition) is 3. The zero-order chi connectivity index (χ0) is 14.8. The van der Waals surface area contributed by atoms with Crippen LogP contribution in [0.3, 0.4) is 0 Å². The molecule has 2 heterocycles. The topological polar surface area (TPSA) is 29.5 Å². The van der Waals surface area contributed by atoms with Gasteiger partial charge in [0, 0.05) is 13.0 Å². The molecule has 0 aromatic heterocycles. The normalized spacial score (nSPS) is 27.8. The van der Waals surface area contributed by atoms with Gasteiger partial charge in [-0.15, -0.1) is 0 Å².